The number of carboxylic acid groups (broad SMARTS) is 1. The van der Waals surface area contributed by atoms with E-state index in [1.807, 2.05) is 13.0 Å². The molecule has 28 heavy (non-hydrogen) atoms. The number of aliphatic carboxylic acids is 1. The monoisotopic (exact) mass is 533 g/mol. The van der Waals surface area contributed by atoms with Crippen molar-refractivity contribution in [3.8, 4) is 0 Å². The number of halogens is 3. The Kier molecular flexibility index (Phi) is 6.56. The Morgan fingerprint density at radius 1 is 1.32 bits per heavy atom. The Bertz CT molecular complexity index is 934. The molecule has 0 spiro atoms. The standard InChI is InChI=1S/C20H18ClFINO3S/c1-2-20(19(26)27)9-13(10-20)28-17-7-11(3-6-16(17)23)18(25)24-12-4-5-15(22)14(21)8-12/h3-8,13H,2,9-10H2,1H3,(H,24,25)(H,26,27)/t13-,20+. The summed E-state index contributed by atoms with van der Waals surface area (Å²) in [7, 11) is 0. The summed E-state index contributed by atoms with van der Waals surface area (Å²) in [5, 5.41) is 12.3. The molecule has 8 heteroatoms. The molecule has 4 nitrogen and oxygen atoms in total. The van der Waals surface area contributed by atoms with Crippen LogP contribution < -0.4 is 5.32 Å². The van der Waals surface area contributed by atoms with Gasteiger partial charge in [0, 0.05) is 25.0 Å². The lowest BCUT2D eigenvalue weighted by Gasteiger charge is -2.43. The maximum Gasteiger partial charge on any atom is 0.309 e. The first-order valence-corrected chi connectivity index (χ1v) is 11.0. The molecular formula is C20H18ClFINO3S. The van der Waals surface area contributed by atoms with Crippen molar-refractivity contribution in [3.05, 3.63) is 56.4 Å². The van der Waals surface area contributed by atoms with Gasteiger partial charge in [0.1, 0.15) is 5.82 Å². The average molecular weight is 534 g/mol. The van der Waals surface area contributed by atoms with E-state index in [1.54, 1.807) is 23.9 Å². The van der Waals surface area contributed by atoms with E-state index in [4.69, 9.17) is 11.6 Å². The molecule has 2 aromatic rings. The van der Waals surface area contributed by atoms with Crippen LogP contribution in [0.1, 0.15) is 36.5 Å². The number of hydrogen-bond donors (Lipinski definition) is 2. The van der Waals surface area contributed by atoms with E-state index in [2.05, 4.69) is 27.9 Å². The SMILES string of the molecule is CC[C@]1(C(=O)O)C[C@@H](Sc2cc(C(=O)Nc3ccc(F)c(Cl)c3)ccc2I)C1. The van der Waals surface area contributed by atoms with Gasteiger partial charge in [-0.25, -0.2) is 4.39 Å². The summed E-state index contributed by atoms with van der Waals surface area (Å²) in [6.07, 6.45) is 1.88. The van der Waals surface area contributed by atoms with Crippen molar-refractivity contribution in [2.24, 2.45) is 5.41 Å². The Morgan fingerprint density at radius 3 is 2.64 bits per heavy atom. The van der Waals surface area contributed by atoms with Crippen LogP contribution in [0.15, 0.2) is 41.3 Å². The fraction of sp³-hybridized carbons (Fsp3) is 0.300. The van der Waals surface area contributed by atoms with E-state index in [-0.39, 0.29) is 16.2 Å². The molecule has 1 fully saturated rings. The highest BCUT2D eigenvalue weighted by atomic mass is 127. The van der Waals surface area contributed by atoms with E-state index in [0.717, 1.165) is 8.47 Å². The first-order valence-electron chi connectivity index (χ1n) is 8.70. The first kappa shape index (κ1) is 21.4. The van der Waals surface area contributed by atoms with Crippen LogP contribution in [-0.2, 0) is 4.79 Å². The number of carbonyl (C=O) groups is 2. The second-order valence-corrected chi connectivity index (χ2v) is 9.73. The minimum absolute atomic E-state index is 0.0560. The quantitative estimate of drug-likeness (QED) is 0.442. The molecule has 1 amide bonds. The Labute approximate surface area is 185 Å². The van der Waals surface area contributed by atoms with Gasteiger partial charge in [-0.3, -0.25) is 9.59 Å². The molecule has 0 unspecified atom stereocenters. The molecule has 1 aliphatic rings. The predicted molar refractivity (Wildman–Crippen MR) is 118 cm³/mol. The van der Waals surface area contributed by atoms with Gasteiger partial charge in [-0.15, -0.1) is 11.8 Å². The van der Waals surface area contributed by atoms with Gasteiger partial charge in [0.25, 0.3) is 5.91 Å². The lowest BCUT2D eigenvalue weighted by atomic mass is 9.67. The highest BCUT2D eigenvalue weighted by Crippen LogP contribution is 2.51. The van der Waals surface area contributed by atoms with Crippen molar-refractivity contribution < 1.29 is 19.1 Å². The molecule has 0 saturated heterocycles. The largest absolute Gasteiger partial charge is 0.481 e. The summed E-state index contributed by atoms with van der Waals surface area (Å²) in [6, 6.07) is 9.40. The van der Waals surface area contributed by atoms with Gasteiger partial charge < -0.3 is 10.4 Å². The molecule has 1 saturated carbocycles. The molecule has 1 aliphatic carbocycles. The molecule has 0 aromatic heterocycles. The average Bonchev–Trinajstić information content (AvgIpc) is 2.62. The van der Waals surface area contributed by atoms with E-state index in [1.165, 1.54) is 18.2 Å². The Balaban J connectivity index is 1.70. The Morgan fingerprint density at radius 2 is 2.04 bits per heavy atom. The van der Waals surface area contributed by atoms with Crippen LogP contribution in [0.2, 0.25) is 5.02 Å². The minimum atomic E-state index is -0.729. The van der Waals surface area contributed by atoms with Gasteiger partial charge in [0.15, 0.2) is 0 Å². The van der Waals surface area contributed by atoms with E-state index in [9.17, 15) is 19.1 Å². The minimum Gasteiger partial charge on any atom is -0.481 e. The van der Waals surface area contributed by atoms with Crippen LogP contribution >= 0.6 is 46.0 Å². The number of carboxylic acids is 1. The fourth-order valence-electron chi connectivity index (χ4n) is 3.20. The zero-order valence-corrected chi connectivity index (χ0v) is 18.7. The molecular weight excluding hydrogens is 516 g/mol. The van der Waals surface area contributed by atoms with Crippen molar-refractivity contribution in [3.63, 3.8) is 0 Å². The lowest BCUT2D eigenvalue weighted by molar-refractivity contribution is -0.154. The van der Waals surface area contributed by atoms with Gasteiger partial charge in [-0.2, -0.15) is 0 Å². The zero-order valence-electron chi connectivity index (χ0n) is 15.0. The number of anilines is 1. The normalized spacial score (nSPS) is 21.1. The summed E-state index contributed by atoms with van der Waals surface area (Å²) < 4.78 is 14.3. The van der Waals surface area contributed by atoms with Crippen molar-refractivity contribution >= 4 is 63.5 Å². The smallest absolute Gasteiger partial charge is 0.309 e. The van der Waals surface area contributed by atoms with Crippen LogP contribution in [0.4, 0.5) is 10.1 Å². The molecule has 0 bridgehead atoms. The molecule has 0 aliphatic heterocycles. The van der Waals surface area contributed by atoms with Crippen LogP contribution in [0.25, 0.3) is 0 Å². The van der Waals surface area contributed by atoms with Gasteiger partial charge >= 0.3 is 5.97 Å². The van der Waals surface area contributed by atoms with E-state index >= 15 is 0 Å². The molecule has 2 aromatic carbocycles. The van der Waals surface area contributed by atoms with Crippen molar-refractivity contribution in [1.29, 1.82) is 0 Å². The van der Waals surface area contributed by atoms with Crippen LogP contribution in [0, 0.1) is 14.8 Å². The highest BCUT2D eigenvalue weighted by Gasteiger charge is 2.49. The molecule has 0 atom stereocenters. The molecule has 2 N–H and O–H groups in total. The van der Waals surface area contributed by atoms with Gasteiger partial charge in [0.2, 0.25) is 0 Å². The van der Waals surface area contributed by atoms with E-state index in [0.29, 0.717) is 30.5 Å². The number of hydrogen-bond acceptors (Lipinski definition) is 3. The van der Waals surface area contributed by atoms with Crippen molar-refractivity contribution in [2.45, 2.75) is 36.3 Å². The third-order valence-electron chi connectivity index (χ3n) is 5.03. The van der Waals surface area contributed by atoms with Crippen LogP contribution in [0.5, 0.6) is 0 Å². The second kappa shape index (κ2) is 8.59. The summed E-state index contributed by atoms with van der Waals surface area (Å²) in [6.45, 7) is 1.91. The number of thioether (sulfide) groups is 1. The maximum atomic E-state index is 13.3. The first-order chi connectivity index (χ1) is 13.2. The summed E-state index contributed by atoms with van der Waals surface area (Å²) >= 11 is 9.58. The molecule has 0 radical (unpaired) electrons. The summed E-state index contributed by atoms with van der Waals surface area (Å²) in [4.78, 5) is 25.0. The summed E-state index contributed by atoms with van der Waals surface area (Å²) in [5.74, 6) is -1.59. The number of carbonyl (C=O) groups excluding carboxylic acids is 1. The highest BCUT2D eigenvalue weighted by molar-refractivity contribution is 14.1. The third-order valence-corrected chi connectivity index (χ3v) is 7.89. The van der Waals surface area contributed by atoms with E-state index < -0.39 is 17.2 Å². The third kappa shape index (κ3) is 4.46. The molecule has 148 valence electrons. The van der Waals surface area contributed by atoms with Crippen LogP contribution in [0.3, 0.4) is 0 Å². The zero-order chi connectivity index (χ0) is 20.5. The molecule has 0 heterocycles. The predicted octanol–water partition coefficient (Wildman–Crippen LogP) is 6.07. The number of benzene rings is 2. The van der Waals surface area contributed by atoms with Gasteiger partial charge in [-0.1, -0.05) is 18.5 Å². The maximum absolute atomic E-state index is 13.3. The topological polar surface area (TPSA) is 66.4 Å². The van der Waals surface area contributed by atoms with Gasteiger partial charge in [-0.05, 0) is 78.3 Å². The second-order valence-electron chi connectivity index (χ2n) is 6.82. The van der Waals surface area contributed by atoms with Gasteiger partial charge in [0.05, 0.1) is 10.4 Å². The number of amides is 1. The lowest BCUT2D eigenvalue weighted by Crippen LogP contribution is -2.45. The number of nitrogens with one attached hydrogen (secondary N) is 1. The fourth-order valence-corrected chi connectivity index (χ4v) is 5.64. The summed E-state index contributed by atoms with van der Waals surface area (Å²) in [5.41, 5.74) is 0.278. The van der Waals surface area contributed by atoms with Crippen molar-refractivity contribution in [2.75, 3.05) is 5.32 Å². The Hall–Kier alpha value is -1.32. The van der Waals surface area contributed by atoms with Crippen molar-refractivity contribution in [1.82, 2.24) is 0 Å². The number of rotatable bonds is 6. The molecule has 3 rings (SSSR count). The van der Waals surface area contributed by atoms with Crippen LogP contribution in [-0.4, -0.2) is 22.2 Å².